The first-order valence-electron chi connectivity index (χ1n) is 7.75. The maximum atomic E-state index is 13.5. The smallest absolute Gasteiger partial charge is 0.338 e. The van der Waals surface area contributed by atoms with Gasteiger partial charge in [-0.2, -0.15) is 5.26 Å². The Morgan fingerprint density at radius 2 is 1.88 bits per heavy atom. The summed E-state index contributed by atoms with van der Waals surface area (Å²) in [6, 6.07) is 13.7. The second-order valence-electron chi connectivity index (χ2n) is 5.05. The molecule has 2 rings (SSSR count). The first-order valence-corrected chi connectivity index (χ1v) is 7.75. The van der Waals surface area contributed by atoms with Crippen LogP contribution in [-0.2, 0) is 9.53 Å². The number of hydrogen-bond acceptors (Lipinski definition) is 5. The van der Waals surface area contributed by atoms with Crippen molar-refractivity contribution in [3.05, 3.63) is 71.7 Å². The van der Waals surface area contributed by atoms with Gasteiger partial charge in [0.15, 0.2) is 0 Å². The van der Waals surface area contributed by atoms with Gasteiger partial charge in [0.05, 0.1) is 17.9 Å². The van der Waals surface area contributed by atoms with Crippen LogP contribution < -0.4 is 10.6 Å². The number of nitrogens with one attached hydrogen (secondary N) is 2. The van der Waals surface area contributed by atoms with Crippen molar-refractivity contribution in [2.75, 3.05) is 17.2 Å². The number of anilines is 2. The van der Waals surface area contributed by atoms with Crippen LogP contribution in [0.2, 0.25) is 0 Å². The lowest BCUT2D eigenvalue weighted by atomic mass is 10.2. The van der Waals surface area contributed by atoms with Crippen LogP contribution in [0.5, 0.6) is 0 Å². The maximum Gasteiger partial charge on any atom is 0.338 e. The van der Waals surface area contributed by atoms with Gasteiger partial charge in [0.1, 0.15) is 17.5 Å². The van der Waals surface area contributed by atoms with Crippen molar-refractivity contribution >= 4 is 23.3 Å². The van der Waals surface area contributed by atoms with E-state index in [2.05, 4.69) is 10.6 Å². The van der Waals surface area contributed by atoms with Gasteiger partial charge in [-0.05, 0) is 43.3 Å². The largest absolute Gasteiger partial charge is 0.462 e. The highest BCUT2D eigenvalue weighted by atomic mass is 19.1. The number of halogens is 1. The molecule has 0 spiro atoms. The van der Waals surface area contributed by atoms with Crippen LogP contribution >= 0.6 is 0 Å². The molecule has 0 unspecified atom stereocenters. The molecule has 2 aromatic carbocycles. The van der Waals surface area contributed by atoms with Gasteiger partial charge in [0.2, 0.25) is 0 Å². The van der Waals surface area contributed by atoms with Crippen molar-refractivity contribution in [3.8, 4) is 6.07 Å². The number of carbonyl (C=O) groups is 2. The molecule has 0 atom stereocenters. The Hall–Kier alpha value is -3.66. The standard InChI is InChI=1S/C19H16FN3O3/c1-2-26-19(25)13-7-9-15(10-8-13)23-18(24)14(11-21)12-22-17-6-4-3-5-16(17)20/h3-10,12,22H,2H2,1H3,(H,23,24)/b14-12-. The van der Waals surface area contributed by atoms with E-state index in [0.29, 0.717) is 11.3 Å². The third kappa shape index (κ3) is 4.92. The quantitative estimate of drug-likeness (QED) is 0.471. The van der Waals surface area contributed by atoms with E-state index in [1.54, 1.807) is 19.1 Å². The number of para-hydroxylation sites is 1. The monoisotopic (exact) mass is 353 g/mol. The molecule has 2 aromatic rings. The van der Waals surface area contributed by atoms with E-state index in [9.17, 15) is 14.0 Å². The highest BCUT2D eigenvalue weighted by Crippen LogP contribution is 2.14. The predicted molar refractivity (Wildman–Crippen MR) is 94.7 cm³/mol. The summed E-state index contributed by atoms with van der Waals surface area (Å²) < 4.78 is 18.4. The number of ether oxygens (including phenoxy) is 1. The van der Waals surface area contributed by atoms with E-state index in [1.165, 1.54) is 42.5 Å². The third-order valence-corrected chi connectivity index (χ3v) is 3.26. The minimum Gasteiger partial charge on any atom is -0.462 e. The zero-order valence-electron chi connectivity index (χ0n) is 14.0. The lowest BCUT2D eigenvalue weighted by Crippen LogP contribution is -2.15. The summed E-state index contributed by atoms with van der Waals surface area (Å²) in [4.78, 5) is 23.7. The van der Waals surface area contributed by atoms with Crippen molar-refractivity contribution in [3.63, 3.8) is 0 Å². The zero-order chi connectivity index (χ0) is 18.9. The molecule has 2 N–H and O–H groups in total. The van der Waals surface area contributed by atoms with E-state index >= 15 is 0 Å². The molecule has 6 nitrogen and oxygen atoms in total. The summed E-state index contributed by atoms with van der Waals surface area (Å²) in [5, 5.41) is 14.2. The zero-order valence-corrected chi connectivity index (χ0v) is 14.0. The highest BCUT2D eigenvalue weighted by molar-refractivity contribution is 6.06. The minimum absolute atomic E-state index is 0.145. The van der Waals surface area contributed by atoms with E-state index in [1.807, 2.05) is 0 Å². The Morgan fingerprint density at radius 1 is 1.19 bits per heavy atom. The molecule has 0 bridgehead atoms. The molecule has 0 heterocycles. The molecule has 0 saturated heterocycles. The lowest BCUT2D eigenvalue weighted by Gasteiger charge is -2.07. The molecule has 26 heavy (non-hydrogen) atoms. The second-order valence-corrected chi connectivity index (χ2v) is 5.05. The lowest BCUT2D eigenvalue weighted by molar-refractivity contribution is -0.112. The summed E-state index contributed by atoms with van der Waals surface area (Å²) in [5.41, 5.74) is 0.659. The van der Waals surface area contributed by atoms with Crippen molar-refractivity contribution in [1.82, 2.24) is 0 Å². The summed E-state index contributed by atoms with van der Waals surface area (Å²) in [6.07, 6.45) is 1.13. The Kier molecular flexibility index (Phi) is 6.46. The van der Waals surface area contributed by atoms with Gasteiger partial charge in [0.25, 0.3) is 5.91 Å². The molecule has 0 aromatic heterocycles. The maximum absolute atomic E-state index is 13.5. The number of amides is 1. The SMILES string of the molecule is CCOC(=O)c1ccc(NC(=O)/C(C#N)=C\Nc2ccccc2F)cc1. The molecule has 1 amide bonds. The van der Waals surface area contributed by atoms with Crippen LogP contribution in [0.1, 0.15) is 17.3 Å². The van der Waals surface area contributed by atoms with Crippen molar-refractivity contribution in [2.24, 2.45) is 0 Å². The Balaban J connectivity index is 2.05. The van der Waals surface area contributed by atoms with Gasteiger partial charge in [-0.1, -0.05) is 12.1 Å². The van der Waals surface area contributed by atoms with Crippen LogP contribution in [0, 0.1) is 17.1 Å². The number of nitriles is 1. The number of rotatable bonds is 6. The first kappa shape index (κ1) is 18.7. The summed E-state index contributed by atoms with van der Waals surface area (Å²) >= 11 is 0. The van der Waals surface area contributed by atoms with Gasteiger partial charge in [-0.15, -0.1) is 0 Å². The molecule has 0 aliphatic rings. The van der Waals surface area contributed by atoms with E-state index < -0.39 is 17.7 Å². The summed E-state index contributed by atoms with van der Waals surface area (Å²) in [6.45, 7) is 1.97. The van der Waals surface area contributed by atoms with Crippen LogP contribution in [0.4, 0.5) is 15.8 Å². The van der Waals surface area contributed by atoms with Gasteiger partial charge in [0, 0.05) is 11.9 Å². The molecule has 7 heteroatoms. The molecule has 0 saturated carbocycles. The van der Waals surface area contributed by atoms with Gasteiger partial charge in [-0.25, -0.2) is 9.18 Å². The van der Waals surface area contributed by atoms with Crippen LogP contribution in [-0.4, -0.2) is 18.5 Å². The van der Waals surface area contributed by atoms with Crippen LogP contribution in [0.3, 0.4) is 0 Å². The fraction of sp³-hybridized carbons (Fsp3) is 0.105. The Morgan fingerprint density at radius 3 is 2.50 bits per heavy atom. The van der Waals surface area contributed by atoms with Crippen molar-refractivity contribution in [1.29, 1.82) is 5.26 Å². The van der Waals surface area contributed by atoms with E-state index in [4.69, 9.17) is 10.00 Å². The van der Waals surface area contributed by atoms with E-state index in [0.717, 1.165) is 6.20 Å². The Labute approximate surface area is 149 Å². The van der Waals surface area contributed by atoms with Crippen LogP contribution in [0.15, 0.2) is 60.3 Å². The third-order valence-electron chi connectivity index (χ3n) is 3.26. The second kappa shape index (κ2) is 8.99. The molecular formula is C19H16FN3O3. The summed E-state index contributed by atoms with van der Waals surface area (Å²) in [5.74, 6) is -1.63. The van der Waals surface area contributed by atoms with Gasteiger partial charge >= 0.3 is 5.97 Å². The number of hydrogen-bond donors (Lipinski definition) is 2. The fourth-order valence-corrected chi connectivity index (χ4v) is 1.98. The number of nitrogens with zero attached hydrogens (tertiary/aromatic N) is 1. The molecule has 0 radical (unpaired) electrons. The number of benzene rings is 2. The molecule has 0 fully saturated rings. The fourth-order valence-electron chi connectivity index (χ4n) is 1.98. The molecule has 0 aliphatic heterocycles. The number of esters is 1. The van der Waals surface area contributed by atoms with Crippen LogP contribution in [0.25, 0.3) is 0 Å². The molecular weight excluding hydrogens is 337 g/mol. The van der Waals surface area contributed by atoms with Crippen molar-refractivity contribution in [2.45, 2.75) is 6.92 Å². The van der Waals surface area contributed by atoms with Gasteiger partial charge in [-0.3, -0.25) is 4.79 Å². The number of carbonyl (C=O) groups excluding carboxylic acids is 2. The van der Waals surface area contributed by atoms with Gasteiger partial charge < -0.3 is 15.4 Å². The Bertz CT molecular complexity index is 870. The summed E-state index contributed by atoms with van der Waals surface area (Å²) in [7, 11) is 0. The topological polar surface area (TPSA) is 91.2 Å². The normalized spacial score (nSPS) is 10.6. The minimum atomic E-state index is -0.666. The van der Waals surface area contributed by atoms with Crippen molar-refractivity contribution < 1.29 is 18.7 Å². The average molecular weight is 353 g/mol. The first-order chi connectivity index (χ1) is 12.5. The average Bonchev–Trinajstić information content (AvgIpc) is 2.64. The predicted octanol–water partition coefficient (Wildman–Crippen LogP) is 3.46. The van der Waals surface area contributed by atoms with E-state index in [-0.39, 0.29) is 17.9 Å². The highest BCUT2D eigenvalue weighted by Gasteiger charge is 2.11. The molecule has 0 aliphatic carbocycles. The molecule has 132 valence electrons.